The third kappa shape index (κ3) is 4.31. The maximum absolute atomic E-state index is 12.3. The van der Waals surface area contributed by atoms with Gasteiger partial charge in [-0.3, -0.25) is 0 Å². The lowest BCUT2D eigenvalue weighted by Crippen LogP contribution is -2.24. The van der Waals surface area contributed by atoms with Gasteiger partial charge in [0.2, 0.25) is 10.1 Å². The minimum atomic E-state index is -4.43. The van der Waals surface area contributed by atoms with E-state index >= 15 is 0 Å². The maximum atomic E-state index is 12.3. The SMILES string of the molecule is O[C@H]1CCCC[C@H]1CCCNc1nnc(C(F)(F)F)s1. The van der Waals surface area contributed by atoms with Crippen molar-refractivity contribution in [3.05, 3.63) is 5.01 Å². The number of nitrogens with zero attached hydrogens (tertiary/aromatic N) is 2. The summed E-state index contributed by atoms with van der Waals surface area (Å²) in [4.78, 5) is 0. The molecular formula is C12H18F3N3OS. The summed E-state index contributed by atoms with van der Waals surface area (Å²) in [7, 11) is 0. The number of halogens is 3. The minimum absolute atomic E-state index is 0.196. The van der Waals surface area contributed by atoms with Crippen molar-refractivity contribution in [2.24, 2.45) is 5.92 Å². The Kier molecular flexibility index (Phi) is 5.20. The van der Waals surface area contributed by atoms with E-state index in [9.17, 15) is 18.3 Å². The van der Waals surface area contributed by atoms with Crippen molar-refractivity contribution >= 4 is 16.5 Å². The summed E-state index contributed by atoms with van der Waals surface area (Å²) in [5.74, 6) is 0.325. The lowest BCUT2D eigenvalue weighted by Gasteiger charge is -2.27. The van der Waals surface area contributed by atoms with E-state index in [1.54, 1.807) is 0 Å². The Hall–Kier alpha value is -0.890. The predicted octanol–water partition coefficient (Wildman–Crippen LogP) is 3.30. The van der Waals surface area contributed by atoms with E-state index in [-0.39, 0.29) is 11.2 Å². The Morgan fingerprint density at radius 1 is 1.25 bits per heavy atom. The highest BCUT2D eigenvalue weighted by molar-refractivity contribution is 7.15. The highest BCUT2D eigenvalue weighted by Crippen LogP contribution is 2.33. The predicted molar refractivity (Wildman–Crippen MR) is 70.6 cm³/mol. The van der Waals surface area contributed by atoms with Crippen LogP contribution in [0.25, 0.3) is 0 Å². The van der Waals surface area contributed by atoms with Gasteiger partial charge >= 0.3 is 6.18 Å². The fourth-order valence-corrected chi connectivity index (χ4v) is 3.13. The molecule has 0 amide bonds. The molecule has 2 rings (SSSR count). The Morgan fingerprint density at radius 3 is 2.65 bits per heavy atom. The van der Waals surface area contributed by atoms with Crippen LogP contribution in [0.15, 0.2) is 0 Å². The van der Waals surface area contributed by atoms with Crippen molar-refractivity contribution < 1.29 is 18.3 Å². The van der Waals surface area contributed by atoms with Crippen LogP contribution in [0.4, 0.5) is 18.3 Å². The third-order valence-corrected chi connectivity index (χ3v) is 4.49. The van der Waals surface area contributed by atoms with Gasteiger partial charge in [-0.15, -0.1) is 10.2 Å². The Bertz CT molecular complexity index is 424. The highest BCUT2D eigenvalue weighted by atomic mass is 32.1. The molecule has 1 aliphatic carbocycles. The molecule has 2 N–H and O–H groups in total. The molecule has 114 valence electrons. The van der Waals surface area contributed by atoms with Gasteiger partial charge in [0.25, 0.3) is 0 Å². The fraction of sp³-hybridized carbons (Fsp3) is 0.833. The average molecular weight is 309 g/mol. The van der Waals surface area contributed by atoms with Gasteiger partial charge in [0.1, 0.15) is 0 Å². The van der Waals surface area contributed by atoms with Gasteiger partial charge in [0.05, 0.1) is 6.10 Å². The molecule has 1 aromatic heterocycles. The number of anilines is 1. The van der Waals surface area contributed by atoms with Crippen LogP contribution in [0.1, 0.15) is 43.5 Å². The Balaban J connectivity index is 1.69. The minimum Gasteiger partial charge on any atom is -0.393 e. The van der Waals surface area contributed by atoms with E-state index in [0.29, 0.717) is 23.8 Å². The number of hydrogen-bond acceptors (Lipinski definition) is 5. The molecule has 1 fully saturated rings. The largest absolute Gasteiger partial charge is 0.445 e. The van der Waals surface area contributed by atoms with Crippen LogP contribution in [0, 0.1) is 5.92 Å². The third-order valence-electron chi connectivity index (χ3n) is 3.56. The number of aliphatic hydroxyl groups is 1. The van der Waals surface area contributed by atoms with Crippen LogP contribution in [0.5, 0.6) is 0 Å². The summed E-state index contributed by atoms with van der Waals surface area (Å²) in [5, 5.41) is 18.5. The Labute approximate surface area is 119 Å². The smallest absolute Gasteiger partial charge is 0.393 e. The molecule has 20 heavy (non-hydrogen) atoms. The van der Waals surface area contributed by atoms with Crippen molar-refractivity contribution in [3.8, 4) is 0 Å². The van der Waals surface area contributed by atoms with Crippen molar-refractivity contribution in [2.45, 2.75) is 50.8 Å². The molecule has 8 heteroatoms. The normalized spacial score (nSPS) is 23.8. The number of aromatic nitrogens is 2. The fourth-order valence-electron chi connectivity index (χ4n) is 2.49. The molecule has 0 saturated heterocycles. The number of aliphatic hydroxyl groups excluding tert-OH is 1. The molecule has 2 atom stereocenters. The van der Waals surface area contributed by atoms with Crippen molar-refractivity contribution in [3.63, 3.8) is 0 Å². The molecule has 0 spiro atoms. The van der Waals surface area contributed by atoms with Gasteiger partial charge in [-0.25, -0.2) is 0 Å². The van der Waals surface area contributed by atoms with Gasteiger partial charge < -0.3 is 10.4 Å². The summed E-state index contributed by atoms with van der Waals surface area (Å²) in [5.41, 5.74) is 0. The lowest BCUT2D eigenvalue weighted by molar-refractivity contribution is -0.138. The maximum Gasteiger partial charge on any atom is 0.445 e. The second kappa shape index (κ2) is 6.71. The first kappa shape index (κ1) is 15.5. The molecule has 4 nitrogen and oxygen atoms in total. The van der Waals surface area contributed by atoms with E-state index < -0.39 is 11.2 Å². The summed E-state index contributed by atoms with van der Waals surface area (Å²) >= 11 is 0.519. The second-order valence-corrected chi connectivity index (χ2v) is 6.07. The van der Waals surface area contributed by atoms with Gasteiger partial charge in [-0.05, 0) is 31.6 Å². The van der Waals surface area contributed by atoms with Crippen LogP contribution < -0.4 is 5.32 Å². The van der Waals surface area contributed by atoms with Gasteiger partial charge in [0, 0.05) is 6.54 Å². The Morgan fingerprint density at radius 2 is 2.00 bits per heavy atom. The van der Waals surface area contributed by atoms with E-state index in [0.717, 1.165) is 38.5 Å². The van der Waals surface area contributed by atoms with E-state index in [2.05, 4.69) is 15.5 Å². The molecule has 0 aromatic carbocycles. The van der Waals surface area contributed by atoms with Crippen LogP contribution in [-0.4, -0.2) is 28.0 Å². The zero-order valence-corrected chi connectivity index (χ0v) is 11.8. The zero-order chi connectivity index (χ0) is 14.6. The van der Waals surface area contributed by atoms with Gasteiger partial charge in [0.15, 0.2) is 0 Å². The first-order chi connectivity index (χ1) is 9.47. The van der Waals surface area contributed by atoms with Crippen molar-refractivity contribution in [1.29, 1.82) is 0 Å². The average Bonchev–Trinajstić information content (AvgIpc) is 2.85. The van der Waals surface area contributed by atoms with Gasteiger partial charge in [-0.1, -0.05) is 24.2 Å². The first-order valence-electron chi connectivity index (χ1n) is 6.79. The molecule has 0 bridgehead atoms. The van der Waals surface area contributed by atoms with Crippen molar-refractivity contribution in [2.75, 3.05) is 11.9 Å². The zero-order valence-electron chi connectivity index (χ0n) is 11.0. The summed E-state index contributed by atoms with van der Waals surface area (Å²) in [6.07, 6.45) is 1.19. The van der Waals surface area contributed by atoms with E-state index in [4.69, 9.17) is 0 Å². The van der Waals surface area contributed by atoms with Crippen LogP contribution in [0.3, 0.4) is 0 Å². The van der Waals surface area contributed by atoms with Crippen LogP contribution in [-0.2, 0) is 6.18 Å². The quantitative estimate of drug-likeness (QED) is 0.819. The highest BCUT2D eigenvalue weighted by Gasteiger charge is 2.35. The molecular weight excluding hydrogens is 291 g/mol. The molecule has 0 aliphatic heterocycles. The molecule has 1 heterocycles. The topological polar surface area (TPSA) is 58.0 Å². The molecule has 1 aliphatic rings. The summed E-state index contributed by atoms with van der Waals surface area (Å²) in [6.45, 7) is 0.551. The van der Waals surface area contributed by atoms with Crippen LogP contribution >= 0.6 is 11.3 Å². The number of hydrogen-bond donors (Lipinski definition) is 2. The summed E-state index contributed by atoms with van der Waals surface area (Å²) < 4.78 is 37.0. The number of rotatable bonds is 5. The molecule has 0 radical (unpaired) electrons. The number of alkyl halides is 3. The molecule has 1 saturated carbocycles. The first-order valence-corrected chi connectivity index (χ1v) is 7.61. The molecule has 0 unspecified atom stereocenters. The van der Waals surface area contributed by atoms with Crippen LogP contribution in [0.2, 0.25) is 0 Å². The standard InChI is InChI=1S/C12H18F3N3OS/c13-12(14,15)10-17-18-11(20-10)16-7-3-5-8-4-1-2-6-9(8)19/h8-9,19H,1-7H2,(H,16,18)/t8-,9-/m0/s1. The van der Waals surface area contributed by atoms with E-state index in [1.165, 1.54) is 0 Å². The lowest BCUT2D eigenvalue weighted by atomic mass is 9.83. The van der Waals surface area contributed by atoms with E-state index in [1.807, 2.05) is 0 Å². The monoisotopic (exact) mass is 309 g/mol. The number of nitrogens with one attached hydrogen (secondary N) is 1. The summed E-state index contributed by atoms with van der Waals surface area (Å²) in [6, 6.07) is 0. The second-order valence-electron chi connectivity index (χ2n) is 5.09. The molecule has 1 aromatic rings. The van der Waals surface area contributed by atoms with Crippen molar-refractivity contribution in [1.82, 2.24) is 10.2 Å². The van der Waals surface area contributed by atoms with Gasteiger partial charge in [-0.2, -0.15) is 13.2 Å².